The SMILES string of the molecule is CC(C)CCN1C(=O)c2ccccc2[C@H]1NC1CCCCCCCCCCC1. The predicted octanol–water partition coefficient (Wildman–Crippen LogP) is 6.45. The molecule has 1 amide bonds. The van der Waals surface area contributed by atoms with Gasteiger partial charge < -0.3 is 4.90 Å². The van der Waals surface area contributed by atoms with Crippen molar-refractivity contribution in [3.63, 3.8) is 0 Å². The minimum Gasteiger partial charge on any atom is -0.319 e. The van der Waals surface area contributed by atoms with Crippen molar-refractivity contribution < 1.29 is 4.79 Å². The van der Waals surface area contributed by atoms with Crippen molar-refractivity contribution in [3.8, 4) is 0 Å². The van der Waals surface area contributed by atoms with E-state index in [-0.39, 0.29) is 12.1 Å². The van der Waals surface area contributed by atoms with E-state index in [1.165, 1.54) is 76.2 Å². The van der Waals surface area contributed by atoms with Crippen molar-refractivity contribution in [1.29, 1.82) is 0 Å². The zero-order valence-electron chi connectivity index (χ0n) is 18.1. The first-order valence-corrected chi connectivity index (χ1v) is 11.8. The van der Waals surface area contributed by atoms with Crippen LogP contribution < -0.4 is 5.32 Å². The molecule has 3 heteroatoms. The maximum absolute atomic E-state index is 13.1. The van der Waals surface area contributed by atoms with Crippen LogP contribution in [-0.4, -0.2) is 23.4 Å². The molecule has 28 heavy (non-hydrogen) atoms. The first kappa shape index (κ1) is 21.4. The van der Waals surface area contributed by atoms with Gasteiger partial charge in [-0.25, -0.2) is 0 Å². The van der Waals surface area contributed by atoms with Crippen LogP contribution in [-0.2, 0) is 0 Å². The molecule has 3 nitrogen and oxygen atoms in total. The normalized spacial score (nSPS) is 22.8. The summed E-state index contributed by atoms with van der Waals surface area (Å²) in [5.41, 5.74) is 2.08. The van der Waals surface area contributed by atoms with E-state index in [9.17, 15) is 4.79 Å². The Balaban J connectivity index is 1.70. The molecule has 1 aromatic carbocycles. The minimum atomic E-state index is 0.0559. The molecule has 2 aliphatic rings. The van der Waals surface area contributed by atoms with Gasteiger partial charge in [0.1, 0.15) is 6.17 Å². The van der Waals surface area contributed by atoms with Crippen LogP contribution in [0.2, 0.25) is 0 Å². The molecule has 1 heterocycles. The highest BCUT2D eigenvalue weighted by Gasteiger charge is 2.36. The van der Waals surface area contributed by atoms with Crippen molar-refractivity contribution in [2.24, 2.45) is 5.92 Å². The predicted molar refractivity (Wildman–Crippen MR) is 117 cm³/mol. The largest absolute Gasteiger partial charge is 0.319 e. The molecule has 3 rings (SSSR count). The van der Waals surface area contributed by atoms with Gasteiger partial charge in [0.05, 0.1) is 0 Å². The first-order chi connectivity index (χ1) is 13.7. The average Bonchev–Trinajstić information content (AvgIpc) is 2.94. The summed E-state index contributed by atoms with van der Waals surface area (Å²) in [6, 6.07) is 8.74. The number of carbonyl (C=O) groups is 1. The maximum Gasteiger partial charge on any atom is 0.255 e. The fourth-order valence-corrected chi connectivity index (χ4v) is 4.73. The summed E-state index contributed by atoms with van der Waals surface area (Å²) in [6.45, 7) is 5.32. The van der Waals surface area contributed by atoms with Gasteiger partial charge in [-0.05, 0) is 31.2 Å². The van der Waals surface area contributed by atoms with Gasteiger partial charge in [0.2, 0.25) is 0 Å². The molecule has 0 aromatic heterocycles. The van der Waals surface area contributed by atoms with Gasteiger partial charge in [-0.15, -0.1) is 0 Å². The molecule has 0 unspecified atom stereocenters. The van der Waals surface area contributed by atoms with Crippen LogP contribution in [0.3, 0.4) is 0 Å². The number of rotatable bonds is 5. The van der Waals surface area contributed by atoms with Crippen LogP contribution in [0.25, 0.3) is 0 Å². The highest BCUT2D eigenvalue weighted by molar-refractivity contribution is 5.99. The number of hydrogen-bond donors (Lipinski definition) is 1. The summed E-state index contributed by atoms with van der Waals surface area (Å²) in [6.07, 6.45) is 15.9. The van der Waals surface area contributed by atoms with Gasteiger partial charge >= 0.3 is 0 Å². The average molecular weight is 385 g/mol. The molecule has 1 aromatic rings. The molecule has 0 bridgehead atoms. The Morgan fingerprint density at radius 2 is 1.50 bits per heavy atom. The Bertz CT molecular complexity index is 600. The highest BCUT2D eigenvalue weighted by atomic mass is 16.2. The van der Waals surface area contributed by atoms with Crippen molar-refractivity contribution in [3.05, 3.63) is 35.4 Å². The molecule has 0 spiro atoms. The van der Waals surface area contributed by atoms with Crippen LogP contribution in [0.15, 0.2) is 24.3 Å². The van der Waals surface area contributed by atoms with Crippen LogP contribution >= 0.6 is 0 Å². The second kappa shape index (κ2) is 11.0. The summed E-state index contributed by atoms with van der Waals surface area (Å²) in [5.74, 6) is 0.820. The van der Waals surface area contributed by atoms with E-state index in [0.717, 1.165) is 18.5 Å². The molecule has 1 aliphatic heterocycles. The lowest BCUT2D eigenvalue weighted by atomic mass is 9.97. The molecular formula is C25H40N2O. The van der Waals surface area contributed by atoms with Crippen LogP contribution in [0.5, 0.6) is 0 Å². The topological polar surface area (TPSA) is 32.3 Å². The van der Waals surface area contributed by atoms with Gasteiger partial charge in [-0.3, -0.25) is 10.1 Å². The lowest BCUT2D eigenvalue weighted by Crippen LogP contribution is -2.42. The van der Waals surface area contributed by atoms with Crippen molar-refractivity contribution in [1.82, 2.24) is 10.2 Å². The maximum atomic E-state index is 13.1. The Hall–Kier alpha value is -1.35. The molecule has 1 atom stereocenters. The number of benzene rings is 1. The first-order valence-electron chi connectivity index (χ1n) is 11.8. The van der Waals surface area contributed by atoms with Gasteiger partial charge in [-0.1, -0.05) is 89.8 Å². The molecule has 1 fully saturated rings. The van der Waals surface area contributed by atoms with Crippen molar-refractivity contribution in [2.45, 2.75) is 103 Å². The van der Waals surface area contributed by atoms with E-state index in [1.807, 2.05) is 12.1 Å². The number of nitrogens with one attached hydrogen (secondary N) is 1. The molecule has 156 valence electrons. The molecule has 1 saturated carbocycles. The standard InChI is InChI=1S/C25H40N2O/c1-20(2)18-19-27-24(22-16-12-13-17-23(22)25(27)28)26-21-14-10-8-6-4-3-5-7-9-11-15-21/h12-13,16-17,20-21,24,26H,3-11,14-15,18-19H2,1-2H3/t24-/m0/s1. The molecule has 0 radical (unpaired) electrons. The highest BCUT2D eigenvalue weighted by Crippen LogP contribution is 2.33. The van der Waals surface area contributed by atoms with Gasteiger partial charge in [-0.2, -0.15) is 0 Å². The number of amides is 1. The summed E-state index contributed by atoms with van der Waals surface area (Å²) >= 11 is 0. The number of fused-ring (bicyclic) bond motifs is 1. The van der Waals surface area contributed by atoms with Gasteiger partial charge in [0.15, 0.2) is 0 Å². The number of nitrogens with zero attached hydrogens (tertiary/aromatic N) is 1. The Morgan fingerprint density at radius 3 is 2.11 bits per heavy atom. The third-order valence-electron chi connectivity index (χ3n) is 6.50. The third kappa shape index (κ3) is 5.83. The Labute approximate surface area is 172 Å². The van der Waals surface area contributed by atoms with Crippen molar-refractivity contribution >= 4 is 5.91 Å². The van der Waals surface area contributed by atoms with E-state index in [1.54, 1.807) is 0 Å². The zero-order chi connectivity index (χ0) is 19.8. The molecular weight excluding hydrogens is 344 g/mol. The lowest BCUT2D eigenvalue weighted by Gasteiger charge is -2.31. The fraction of sp³-hybridized carbons (Fsp3) is 0.720. The van der Waals surface area contributed by atoms with Gasteiger partial charge in [0.25, 0.3) is 5.91 Å². The van der Waals surface area contributed by atoms with E-state index in [0.29, 0.717) is 12.0 Å². The second-order valence-corrected chi connectivity index (χ2v) is 9.29. The Morgan fingerprint density at radius 1 is 0.929 bits per heavy atom. The fourth-order valence-electron chi connectivity index (χ4n) is 4.73. The molecule has 1 aliphatic carbocycles. The monoisotopic (exact) mass is 384 g/mol. The van der Waals surface area contributed by atoms with E-state index >= 15 is 0 Å². The van der Waals surface area contributed by atoms with Gasteiger partial charge in [0, 0.05) is 23.7 Å². The summed E-state index contributed by atoms with van der Waals surface area (Å²) in [4.78, 5) is 15.2. The summed E-state index contributed by atoms with van der Waals surface area (Å²) in [7, 11) is 0. The van der Waals surface area contributed by atoms with E-state index < -0.39 is 0 Å². The lowest BCUT2D eigenvalue weighted by molar-refractivity contribution is 0.0666. The minimum absolute atomic E-state index is 0.0559. The summed E-state index contributed by atoms with van der Waals surface area (Å²) < 4.78 is 0. The Kier molecular flexibility index (Phi) is 8.39. The smallest absolute Gasteiger partial charge is 0.255 e. The van der Waals surface area contributed by atoms with Crippen LogP contribution in [0, 0.1) is 5.92 Å². The van der Waals surface area contributed by atoms with E-state index in [2.05, 4.69) is 36.2 Å². The number of hydrogen-bond acceptors (Lipinski definition) is 2. The molecule has 1 N–H and O–H groups in total. The van der Waals surface area contributed by atoms with Crippen LogP contribution in [0.4, 0.5) is 0 Å². The zero-order valence-corrected chi connectivity index (χ0v) is 18.1. The number of carbonyl (C=O) groups excluding carboxylic acids is 1. The van der Waals surface area contributed by atoms with Crippen molar-refractivity contribution in [2.75, 3.05) is 6.54 Å². The van der Waals surface area contributed by atoms with Crippen LogP contribution in [0.1, 0.15) is 113 Å². The third-order valence-corrected chi connectivity index (χ3v) is 6.50. The quantitative estimate of drug-likeness (QED) is 0.632. The second-order valence-electron chi connectivity index (χ2n) is 9.29. The van der Waals surface area contributed by atoms with E-state index in [4.69, 9.17) is 0 Å². The summed E-state index contributed by atoms with van der Waals surface area (Å²) in [5, 5.41) is 3.94. The molecule has 0 saturated heterocycles.